The van der Waals surface area contributed by atoms with Gasteiger partial charge < -0.3 is 5.73 Å². The van der Waals surface area contributed by atoms with Gasteiger partial charge in [-0.3, -0.25) is 5.43 Å². The van der Waals surface area contributed by atoms with Gasteiger partial charge in [0.25, 0.3) is 0 Å². The van der Waals surface area contributed by atoms with Gasteiger partial charge in [0, 0.05) is 5.57 Å². The number of hydrazone groups is 1. The van der Waals surface area contributed by atoms with E-state index in [4.69, 9.17) is 18.0 Å². The van der Waals surface area contributed by atoms with Crippen molar-refractivity contribution >= 4 is 34.7 Å². The Morgan fingerprint density at radius 3 is 2.19 bits per heavy atom. The van der Waals surface area contributed by atoms with Crippen LogP contribution in [0.1, 0.15) is 18.1 Å². The van der Waals surface area contributed by atoms with Crippen LogP contribution >= 0.6 is 12.2 Å². The second kappa shape index (κ2) is 7.36. The van der Waals surface area contributed by atoms with Crippen LogP contribution in [0.3, 0.4) is 0 Å². The van der Waals surface area contributed by atoms with Crippen molar-refractivity contribution in [2.24, 2.45) is 10.8 Å². The van der Waals surface area contributed by atoms with Crippen molar-refractivity contribution in [3.05, 3.63) is 71.8 Å². The van der Waals surface area contributed by atoms with E-state index in [-0.39, 0.29) is 5.11 Å². The standard InChI is InChI=1S/C17H17N3S/c1-13(19-20-17(18)21)16(15-10-6-3-7-11-15)12-14-8-4-2-5-9-14/h2-12H,1H3,(H3,18,20,21). The van der Waals surface area contributed by atoms with E-state index in [1.807, 2.05) is 43.3 Å². The second-order valence-electron chi connectivity index (χ2n) is 4.51. The van der Waals surface area contributed by atoms with Gasteiger partial charge in [-0.05, 0) is 36.3 Å². The zero-order valence-corrected chi connectivity index (χ0v) is 12.6. The Hall–Kier alpha value is -2.46. The number of hydrogen-bond acceptors (Lipinski definition) is 2. The molecule has 106 valence electrons. The highest BCUT2D eigenvalue weighted by Gasteiger charge is 2.05. The van der Waals surface area contributed by atoms with Crippen molar-refractivity contribution in [3.8, 4) is 0 Å². The SMILES string of the molecule is CC(=NNC(N)=S)C(=Cc1ccccc1)c1ccccc1. The predicted octanol–water partition coefficient (Wildman–Crippen LogP) is 3.44. The Morgan fingerprint density at radius 1 is 1.05 bits per heavy atom. The molecule has 0 amide bonds. The Morgan fingerprint density at radius 2 is 1.62 bits per heavy atom. The molecular formula is C17H17N3S. The molecule has 0 spiro atoms. The van der Waals surface area contributed by atoms with E-state index in [0.717, 1.165) is 22.4 Å². The van der Waals surface area contributed by atoms with E-state index in [9.17, 15) is 0 Å². The third kappa shape index (κ3) is 4.54. The van der Waals surface area contributed by atoms with E-state index in [2.05, 4.69) is 40.9 Å². The molecule has 2 aromatic carbocycles. The molecule has 0 aromatic heterocycles. The van der Waals surface area contributed by atoms with E-state index in [1.165, 1.54) is 0 Å². The summed E-state index contributed by atoms with van der Waals surface area (Å²) in [6, 6.07) is 20.2. The molecule has 21 heavy (non-hydrogen) atoms. The van der Waals surface area contributed by atoms with Gasteiger partial charge >= 0.3 is 0 Å². The first-order valence-electron chi connectivity index (χ1n) is 6.59. The van der Waals surface area contributed by atoms with Crippen LogP contribution < -0.4 is 11.2 Å². The van der Waals surface area contributed by atoms with Gasteiger partial charge in [0.1, 0.15) is 0 Å². The number of allylic oxidation sites excluding steroid dienone is 1. The van der Waals surface area contributed by atoms with Crippen molar-refractivity contribution in [3.63, 3.8) is 0 Å². The largest absolute Gasteiger partial charge is 0.375 e. The molecule has 0 saturated heterocycles. The van der Waals surface area contributed by atoms with E-state index >= 15 is 0 Å². The minimum absolute atomic E-state index is 0.154. The molecule has 0 bridgehead atoms. The van der Waals surface area contributed by atoms with Crippen molar-refractivity contribution in [2.45, 2.75) is 6.92 Å². The number of nitrogens with zero attached hydrogens (tertiary/aromatic N) is 1. The third-order valence-electron chi connectivity index (χ3n) is 2.92. The average molecular weight is 295 g/mol. The lowest BCUT2D eigenvalue weighted by molar-refractivity contribution is 1.03. The molecule has 4 heteroatoms. The second-order valence-corrected chi connectivity index (χ2v) is 4.95. The van der Waals surface area contributed by atoms with Crippen LogP contribution in [0.2, 0.25) is 0 Å². The minimum atomic E-state index is 0.154. The van der Waals surface area contributed by atoms with E-state index in [1.54, 1.807) is 0 Å². The summed E-state index contributed by atoms with van der Waals surface area (Å²) >= 11 is 4.79. The van der Waals surface area contributed by atoms with Gasteiger partial charge in [0.2, 0.25) is 0 Å². The number of hydrogen-bond donors (Lipinski definition) is 2. The molecular weight excluding hydrogens is 278 g/mol. The Labute approximate surface area is 130 Å². The highest BCUT2D eigenvalue weighted by molar-refractivity contribution is 7.80. The van der Waals surface area contributed by atoms with Crippen LogP contribution in [0.4, 0.5) is 0 Å². The summed E-state index contributed by atoms with van der Waals surface area (Å²) in [5, 5.41) is 4.38. The lowest BCUT2D eigenvalue weighted by Crippen LogP contribution is -2.25. The zero-order chi connectivity index (χ0) is 15.1. The van der Waals surface area contributed by atoms with Gasteiger partial charge in [-0.2, -0.15) is 5.10 Å². The summed E-state index contributed by atoms with van der Waals surface area (Å²) in [6.45, 7) is 1.92. The smallest absolute Gasteiger partial charge is 0.184 e. The molecule has 0 saturated carbocycles. The Balaban J connectivity index is 2.43. The zero-order valence-electron chi connectivity index (χ0n) is 11.8. The molecule has 2 rings (SSSR count). The summed E-state index contributed by atoms with van der Waals surface area (Å²) in [5.41, 5.74) is 12.1. The van der Waals surface area contributed by atoms with Crippen LogP contribution in [-0.4, -0.2) is 10.8 Å². The number of nitrogens with one attached hydrogen (secondary N) is 1. The fourth-order valence-corrected chi connectivity index (χ4v) is 1.98. The first-order chi connectivity index (χ1) is 10.2. The van der Waals surface area contributed by atoms with Crippen LogP contribution in [0.5, 0.6) is 0 Å². The average Bonchev–Trinajstić information content (AvgIpc) is 2.52. The van der Waals surface area contributed by atoms with E-state index in [0.29, 0.717) is 0 Å². The molecule has 3 nitrogen and oxygen atoms in total. The van der Waals surface area contributed by atoms with Crippen molar-refractivity contribution in [1.82, 2.24) is 5.43 Å². The fourth-order valence-electron chi connectivity index (χ4n) is 1.93. The van der Waals surface area contributed by atoms with Crippen molar-refractivity contribution in [1.29, 1.82) is 0 Å². The van der Waals surface area contributed by atoms with Crippen LogP contribution in [0.15, 0.2) is 65.8 Å². The number of rotatable bonds is 4. The Kier molecular flexibility index (Phi) is 5.23. The Bertz CT molecular complexity index is 661. The van der Waals surface area contributed by atoms with Gasteiger partial charge in [0.15, 0.2) is 5.11 Å². The first kappa shape index (κ1) is 14.9. The molecule has 0 radical (unpaired) electrons. The van der Waals surface area contributed by atoms with Crippen molar-refractivity contribution in [2.75, 3.05) is 0 Å². The molecule has 0 atom stereocenters. The topological polar surface area (TPSA) is 50.4 Å². The fraction of sp³-hybridized carbons (Fsp3) is 0.0588. The van der Waals surface area contributed by atoms with Crippen LogP contribution in [-0.2, 0) is 0 Å². The number of thiocarbonyl (C=S) groups is 1. The molecule has 0 aliphatic heterocycles. The van der Waals surface area contributed by atoms with Crippen LogP contribution in [0, 0.1) is 0 Å². The molecule has 0 unspecified atom stereocenters. The molecule has 0 aliphatic rings. The normalized spacial score (nSPS) is 12.0. The molecule has 0 heterocycles. The maximum Gasteiger partial charge on any atom is 0.184 e. The number of benzene rings is 2. The van der Waals surface area contributed by atoms with E-state index < -0.39 is 0 Å². The minimum Gasteiger partial charge on any atom is -0.375 e. The number of nitrogens with two attached hydrogens (primary N) is 1. The van der Waals surface area contributed by atoms with Crippen LogP contribution in [0.25, 0.3) is 11.6 Å². The molecule has 3 N–H and O–H groups in total. The molecule has 2 aromatic rings. The van der Waals surface area contributed by atoms with Crippen molar-refractivity contribution < 1.29 is 0 Å². The predicted molar refractivity (Wildman–Crippen MR) is 93.8 cm³/mol. The maximum absolute atomic E-state index is 5.43. The maximum atomic E-state index is 5.43. The summed E-state index contributed by atoms with van der Waals surface area (Å²) < 4.78 is 0. The monoisotopic (exact) mass is 295 g/mol. The lowest BCUT2D eigenvalue weighted by atomic mass is 9.99. The van der Waals surface area contributed by atoms with Gasteiger partial charge in [-0.25, -0.2) is 0 Å². The summed E-state index contributed by atoms with van der Waals surface area (Å²) in [5.74, 6) is 0. The van der Waals surface area contributed by atoms with Gasteiger partial charge in [-0.15, -0.1) is 0 Å². The first-order valence-corrected chi connectivity index (χ1v) is 7.00. The summed E-state index contributed by atoms with van der Waals surface area (Å²) in [6.07, 6.45) is 2.09. The summed E-state index contributed by atoms with van der Waals surface area (Å²) in [4.78, 5) is 0. The lowest BCUT2D eigenvalue weighted by Gasteiger charge is -2.08. The third-order valence-corrected chi connectivity index (χ3v) is 3.01. The summed E-state index contributed by atoms with van der Waals surface area (Å²) in [7, 11) is 0. The van der Waals surface area contributed by atoms with Gasteiger partial charge in [0.05, 0.1) is 5.71 Å². The van der Waals surface area contributed by atoms with Gasteiger partial charge in [-0.1, -0.05) is 60.7 Å². The highest BCUT2D eigenvalue weighted by atomic mass is 32.1. The molecule has 0 fully saturated rings. The molecule has 0 aliphatic carbocycles. The highest BCUT2D eigenvalue weighted by Crippen LogP contribution is 2.19. The quantitative estimate of drug-likeness (QED) is 0.393.